The summed E-state index contributed by atoms with van der Waals surface area (Å²) in [6.07, 6.45) is 1.44. The van der Waals surface area contributed by atoms with Crippen LogP contribution >= 0.6 is 21.6 Å². The van der Waals surface area contributed by atoms with E-state index >= 15 is 0 Å². The van der Waals surface area contributed by atoms with E-state index in [1.54, 1.807) is 24.3 Å². The molecule has 2 aromatic carbocycles. The minimum Gasteiger partial charge on any atom is -0.482 e. The average Bonchev–Trinajstić information content (AvgIpc) is 2.83. The van der Waals surface area contributed by atoms with E-state index in [-0.39, 0.29) is 16.6 Å². The molecule has 174 valence electrons. The van der Waals surface area contributed by atoms with Crippen LogP contribution in [0.15, 0.2) is 71.9 Å². The van der Waals surface area contributed by atoms with Crippen LogP contribution in [0.4, 0.5) is 15.8 Å². The Bertz CT molecular complexity index is 1230. The molecule has 4 rings (SSSR count). The first kappa shape index (κ1) is 23.5. The van der Waals surface area contributed by atoms with Gasteiger partial charge in [0.15, 0.2) is 11.6 Å². The SMILES string of the molecule is O=C(O)COc1ccc([C@@H]2[C@@H](SSc3ncccc3[N+](=O)[O-])C(=O)N2c2ccc(F)cc2)cc1. The zero-order valence-corrected chi connectivity index (χ0v) is 18.9. The second-order valence-electron chi connectivity index (χ2n) is 7.07. The number of anilines is 1. The van der Waals surface area contributed by atoms with Crippen LogP contribution in [0.2, 0.25) is 0 Å². The van der Waals surface area contributed by atoms with Gasteiger partial charge in [-0.15, -0.1) is 0 Å². The van der Waals surface area contributed by atoms with Crippen molar-refractivity contribution in [2.45, 2.75) is 16.3 Å². The molecule has 1 saturated heterocycles. The average molecular weight is 502 g/mol. The topological polar surface area (TPSA) is 123 Å². The summed E-state index contributed by atoms with van der Waals surface area (Å²) in [5.41, 5.74) is 1.09. The van der Waals surface area contributed by atoms with Gasteiger partial charge in [0.05, 0.1) is 11.0 Å². The second kappa shape index (κ2) is 10.1. The molecular formula is C22H16FN3O6S2. The highest BCUT2D eigenvalue weighted by Gasteiger charge is 2.49. The van der Waals surface area contributed by atoms with Crippen LogP contribution in [0.25, 0.3) is 0 Å². The summed E-state index contributed by atoms with van der Waals surface area (Å²) in [6.45, 7) is -0.485. The van der Waals surface area contributed by atoms with Gasteiger partial charge in [0.1, 0.15) is 16.8 Å². The van der Waals surface area contributed by atoms with Gasteiger partial charge in [0, 0.05) is 18.0 Å². The predicted octanol–water partition coefficient (Wildman–Crippen LogP) is 4.49. The Labute approximate surface area is 200 Å². The molecule has 0 aliphatic carbocycles. The van der Waals surface area contributed by atoms with Crippen LogP contribution < -0.4 is 9.64 Å². The van der Waals surface area contributed by atoms with Crippen molar-refractivity contribution in [3.05, 3.63) is 88.4 Å². The number of halogens is 1. The van der Waals surface area contributed by atoms with Gasteiger partial charge in [0.2, 0.25) is 5.91 Å². The van der Waals surface area contributed by atoms with Crippen molar-refractivity contribution in [3.63, 3.8) is 0 Å². The number of nitrogens with zero attached hydrogens (tertiary/aromatic N) is 3. The highest BCUT2D eigenvalue weighted by molar-refractivity contribution is 8.77. The number of carbonyl (C=O) groups excluding carboxylic acids is 1. The molecule has 2 atom stereocenters. The fourth-order valence-corrected chi connectivity index (χ4v) is 6.00. The smallest absolute Gasteiger partial charge is 0.341 e. The lowest BCUT2D eigenvalue weighted by Crippen LogP contribution is -2.57. The van der Waals surface area contributed by atoms with Crippen molar-refractivity contribution in [2.24, 2.45) is 0 Å². The maximum absolute atomic E-state index is 13.4. The number of β-lactam (4-membered cyclic amide) rings is 1. The summed E-state index contributed by atoms with van der Waals surface area (Å²) >= 11 is 0. The summed E-state index contributed by atoms with van der Waals surface area (Å²) in [5, 5.41) is 19.6. The van der Waals surface area contributed by atoms with E-state index in [9.17, 15) is 24.1 Å². The highest BCUT2D eigenvalue weighted by atomic mass is 33.1. The maximum Gasteiger partial charge on any atom is 0.341 e. The number of hydrogen-bond donors (Lipinski definition) is 1. The number of hydrogen-bond acceptors (Lipinski definition) is 8. The Balaban J connectivity index is 1.59. The fourth-order valence-electron chi connectivity index (χ4n) is 3.36. The lowest BCUT2D eigenvalue weighted by atomic mass is 9.92. The fraction of sp³-hybridized carbons (Fsp3) is 0.136. The van der Waals surface area contributed by atoms with Crippen LogP contribution in [-0.2, 0) is 9.59 Å². The van der Waals surface area contributed by atoms with Crippen molar-refractivity contribution in [1.82, 2.24) is 4.98 Å². The Morgan fingerprint density at radius 2 is 1.88 bits per heavy atom. The van der Waals surface area contributed by atoms with E-state index in [4.69, 9.17) is 9.84 Å². The van der Waals surface area contributed by atoms with E-state index in [1.807, 2.05) is 0 Å². The van der Waals surface area contributed by atoms with Crippen LogP contribution in [0, 0.1) is 15.9 Å². The minimum absolute atomic E-state index is 0.154. The van der Waals surface area contributed by atoms with Gasteiger partial charge in [0.25, 0.3) is 0 Å². The molecule has 1 aromatic heterocycles. The van der Waals surface area contributed by atoms with E-state index in [0.717, 1.165) is 27.2 Å². The highest BCUT2D eigenvalue weighted by Crippen LogP contribution is 2.51. The van der Waals surface area contributed by atoms with Crippen molar-refractivity contribution in [2.75, 3.05) is 11.5 Å². The monoisotopic (exact) mass is 501 g/mol. The quantitative estimate of drug-likeness (QED) is 0.195. The van der Waals surface area contributed by atoms with Crippen molar-refractivity contribution >= 4 is 44.8 Å². The molecule has 1 N–H and O–H groups in total. The van der Waals surface area contributed by atoms with E-state index in [1.165, 1.54) is 47.5 Å². The lowest BCUT2D eigenvalue weighted by molar-refractivity contribution is -0.388. The summed E-state index contributed by atoms with van der Waals surface area (Å²) in [4.78, 5) is 40.1. The van der Waals surface area contributed by atoms with Crippen LogP contribution in [0.1, 0.15) is 11.6 Å². The Morgan fingerprint density at radius 3 is 2.53 bits per heavy atom. The molecule has 1 aliphatic heterocycles. The van der Waals surface area contributed by atoms with Gasteiger partial charge in [-0.3, -0.25) is 14.9 Å². The van der Waals surface area contributed by atoms with Crippen LogP contribution in [-0.4, -0.2) is 38.7 Å². The number of ether oxygens (including phenoxy) is 1. The number of pyridine rings is 1. The number of carboxylic acids is 1. The molecule has 0 unspecified atom stereocenters. The molecule has 0 saturated carbocycles. The Hall–Kier alpha value is -3.64. The zero-order chi connectivity index (χ0) is 24.2. The third-order valence-electron chi connectivity index (χ3n) is 4.91. The van der Waals surface area contributed by atoms with Gasteiger partial charge >= 0.3 is 11.7 Å². The molecule has 0 spiro atoms. The molecule has 9 nitrogen and oxygen atoms in total. The third kappa shape index (κ3) is 4.97. The summed E-state index contributed by atoms with van der Waals surface area (Å²) < 4.78 is 18.6. The third-order valence-corrected chi connectivity index (χ3v) is 7.53. The van der Waals surface area contributed by atoms with Gasteiger partial charge in [-0.2, -0.15) is 0 Å². The number of aliphatic carboxylic acids is 1. The largest absolute Gasteiger partial charge is 0.482 e. The molecule has 1 amide bonds. The minimum atomic E-state index is -1.10. The number of carbonyl (C=O) groups is 2. The Kier molecular flexibility index (Phi) is 6.98. The molecule has 3 aromatic rings. The Morgan fingerprint density at radius 1 is 1.18 bits per heavy atom. The molecule has 12 heteroatoms. The lowest BCUT2D eigenvalue weighted by Gasteiger charge is -2.46. The van der Waals surface area contributed by atoms with Gasteiger partial charge in [-0.1, -0.05) is 22.9 Å². The van der Waals surface area contributed by atoms with Crippen molar-refractivity contribution in [1.29, 1.82) is 0 Å². The van der Waals surface area contributed by atoms with Gasteiger partial charge in [-0.25, -0.2) is 14.2 Å². The summed E-state index contributed by atoms with van der Waals surface area (Å²) in [6, 6.07) is 14.5. The molecule has 0 bridgehead atoms. The maximum atomic E-state index is 13.4. The number of carboxylic acid groups (broad SMARTS) is 1. The summed E-state index contributed by atoms with van der Waals surface area (Å²) in [5.74, 6) is -1.42. The second-order valence-corrected chi connectivity index (χ2v) is 9.40. The number of aromatic nitrogens is 1. The first-order chi connectivity index (χ1) is 16.3. The molecule has 1 aliphatic rings. The van der Waals surface area contributed by atoms with Crippen LogP contribution in [0.3, 0.4) is 0 Å². The number of nitro groups is 1. The van der Waals surface area contributed by atoms with Crippen LogP contribution in [0.5, 0.6) is 5.75 Å². The number of amides is 1. The first-order valence-electron chi connectivity index (χ1n) is 9.81. The molecule has 0 radical (unpaired) electrons. The van der Waals surface area contributed by atoms with E-state index in [0.29, 0.717) is 11.4 Å². The normalized spacial score (nSPS) is 17.2. The van der Waals surface area contributed by atoms with Crippen molar-refractivity contribution < 1.29 is 28.7 Å². The van der Waals surface area contributed by atoms with E-state index < -0.39 is 34.6 Å². The molecular weight excluding hydrogens is 485 g/mol. The zero-order valence-electron chi connectivity index (χ0n) is 17.2. The molecule has 2 heterocycles. The molecule has 34 heavy (non-hydrogen) atoms. The van der Waals surface area contributed by atoms with E-state index in [2.05, 4.69) is 4.98 Å². The standard InChI is InChI=1S/C22H16FN3O6S2/c23-14-5-7-15(8-6-14)25-19(13-3-9-16(10-4-13)32-12-18(27)28)20(22(25)29)33-34-21-17(26(30)31)2-1-11-24-21/h1-11,19-20H,12H2,(H,27,28)/t19-,20-/m1/s1. The van der Waals surface area contributed by atoms with Crippen molar-refractivity contribution in [3.8, 4) is 5.75 Å². The predicted molar refractivity (Wildman–Crippen MR) is 124 cm³/mol. The first-order valence-corrected chi connectivity index (χ1v) is 12.0. The van der Waals surface area contributed by atoms with Gasteiger partial charge in [-0.05, 0) is 58.8 Å². The number of benzene rings is 2. The summed E-state index contributed by atoms with van der Waals surface area (Å²) in [7, 11) is 2.20. The van der Waals surface area contributed by atoms with Gasteiger partial charge < -0.3 is 14.7 Å². The number of rotatable bonds is 9. The molecule has 1 fully saturated rings.